The number of ether oxygens (including phenoxy) is 1. The van der Waals surface area contributed by atoms with Crippen molar-refractivity contribution in [1.29, 1.82) is 0 Å². The maximum absolute atomic E-state index is 5.60. The molecule has 16 heavy (non-hydrogen) atoms. The lowest BCUT2D eigenvalue weighted by Crippen LogP contribution is -2.36. The van der Waals surface area contributed by atoms with Gasteiger partial charge in [-0.1, -0.05) is 24.3 Å². The summed E-state index contributed by atoms with van der Waals surface area (Å²) in [5.41, 5.74) is 5.42. The minimum absolute atomic E-state index is 0.129. The van der Waals surface area contributed by atoms with Crippen molar-refractivity contribution in [3.8, 4) is 0 Å². The monoisotopic (exact) mass is 221 g/mol. The van der Waals surface area contributed by atoms with Gasteiger partial charge in [0.05, 0.1) is 24.9 Å². The number of hydrogen-bond donors (Lipinski definition) is 1. The van der Waals surface area contributed by atoms with E-state index in [9.17, 15) is 0 Å². The number of hydroxylamine groups is 1. The van der Waals surface area contributed by atoms with E-state index in [0.29, 0.717) is 13.2 Å². The van der Waals surface area contributed by atoms with E-state index in [0.717, 1.165) is 0 Å². The predicted octanol–water partition coefficient (Wildman–Crippen LogP) is 2.58. The second-order valence-electron chi connectivity index (χ2n) is 5.10. The van der Waals surface area contributed by atoms with Crippen molar-refractivity contribution >= 4 is 0 Å². The molecule has 0 aliphatic carbocycles. The number of rotatable bonds is 2. The second-order valence-corrected chi connectivity index (χ2v) is 5.10. The second kappa shape index (κ2) is 4.53. The van der Waals surface area contributed by atoms with Gasteiger partial charge in [0.1, 0.15) is 0 Å². The number of fused-ring (bicyclic) bond motifs is 1. The van der Waals surface area contributed by atoms with Gasteiger partial charge in [-0.2, -0.15) is 5.48 Å². The Hall–Kier alpha value is -0.900. The lowest BCUT2D eigenvalue weighted by atomic mass is 10.00. The molecule has 0 radical (unpaired) electrons. The minimum Gasteiger partial charge on any atom is -0.375 e. The number of nitrogens with one attached hydrogen (secondary N) is 1. The molecule has 1 aromatic rings. The molecule has 0 amide bonds. The summed E-state index contributed by atoms with van der Waals surface area (Å²) in [6.07, 6.45) is 0. The highest BCUT2D eigenvalue weighted by atomic mass is 16.7. The van der Waals surface area contributed by atoms with Crippen LogP contribution in [0.3, 0.4) is 0 Å². The summed E-state index contributed by atoms with van der Waals surface area (Å²) in [6, 6.07) is 8.44. The Balaban J connectivity index is 2.07. The molecule has 1 aliphatic rings. The lowest BCUT2D eigenvalue weighted by molar-refractivity contribution is -0.104. The molecule has 88 valence electrons. The van der Waals surface area contributed by atoms with Crippen LogP contribution in [0.25, 0.3) is 0 Å². The molecule has 0 spiro atoms. The first-order valence-electron chi connectivity index (χ1n) is 5.65. The molecule has 3 heteroatoms. The van der Waals surface area contributed by atoms with Gasteiger partial charge >= 0.3 is 0 Å². The Morgan fingerprint density at radius 2 is 2.06 bits per heavy atom. The van der Waals surface area contributed by atoms with Crippen LogP contribution >= 0.6 is 0 Å². The average Bonchev–Trinajstić information content (AvgIpc) is 2.25. The third-order valence-electron chi connectivity index (χ3n) is 2.48. The van der Waals surface area contributed by atoms with Crippen LogP contribution in [0, 0.1) is 0 Å². The van der Waals surface area contributed by atoms with Gasteiger partial charge in [-0.3, -0.25) is 4.84 Å². The largest absolute Gasteiger partial charge is 0.375 e. The summed E-state index contributed by atoms with van der Waals surface area (Å²) in [4.78, 5) is 5.60. The zero-order valence-electron chi connectivity index (χ0n) is 10.1. The fourth-order valence-electron chi connectivity index (χ4n) is 1.73. The van der Waals surface area contributed by atoms with Gasteiger partial charge in [0.15, 0.2) is 0 Å². The van der Waals surface area contributed by atoms with Gasteiger partial charge in [0.25, 0.3) is 0 Å². The van der Waals surface area contributed by atoms with Crippen molar-refractivity contribution in [3.05, 3.63) is 35.4 Å². The summed E-state index contributed by atoms with van der Waals surface area (Å²) in [5.74, 6) is 0. The van der Waals surface area contributed by atoms with Crippen LogP contribution in [-0.2, 0) is 16.2 Å². The van der Waals surface area contributed by atoms with Crippen LogP contribution in [-0.4, -0.2) is 12.2 Å². The molecule has 1 atom stereocenters. The third-order valence-corrected chi connectivity index (χ3v) is 2.48. The maximum atomic E-state index is 5.60. The van der Waals surface area contributed by atoms with Crippen LogP contribution in [0.2, 0.25) is 0 Å². The Morgan fingerprint density at radius 1 is 1.31 bits per heavy atom. The van der Waals surface area contributed by atoms with E-state index >= 15 is 0 Å². The summed E-state index contributed by atoms with van der Waals surface area (Å²) >= 11 is 0. The van der Waals surface area contributed by atoms with Crippen LogP contribution in [0.4, 0.5) is 0 Å². The molecular formula is C13H19NO2. The Kier molecular flexibility index (Phi) is 3.28. The molecule has 1 aliphatic heterocycles. The molecular weight excluding hydrogens is 202 g/mol. The zero-order chi connectivity index (χ0) is 11.6. The highest BCUT2D eigenvalue weighted by molar-refractivity contribution is 5.30. The van der Waals surface area contributed by atoms with Gasteiger partial charge in [0.2, 0.25) is 0 Å². The van der Waals surface area contributed by atoms with Gasteiger partial charge in [-0.05, 0) is 31.9 Å². The van der Waals surface area contributed by atoms with Gasteiger partial charge in [-0.15, -0.1) is 0 Å². The topological polar surface area (TPSA) is 30.5 Å². The quantitative estimate of drug-likeness (QED) is 0.779. The smallest absolute Gasteiger partial charge is 0.0813 e. The van der Waals surface area contributed by atoms with Crippen molar-refractivity contribution in [2.75, 3.05) is 6.61 Å². The zero-order valence-corrected chi connectivity index (χ0v) is 10.1. The molecule has 0 saturated carbocycles. The molecule has 1 heterocycles. The van der Waals surface area contributed by atoms with Crippen molar-refractivity contribution < 1.29 is 9.57 Å². The van der Waals surface area contributed by atoms with E-state index in [1.54, 1.807) is 0 Å². The van der Waals surface area contributed by atoms with E-state index in [1.165, 1.54) is 11.1 Å². The lowest BCUT2D eigenvalue weighted by Gasteiger charge is -2.29. The maximum Gasteiger partial charge on any atom is 0.0813 e. The summed E-state index contributed by atoms with van der Waals surface area (Å²) in [7, 11) is 0. The molecule has 1 unspecified atom stereocenters. The van der Waals surface area contributed by atoms with E-state index in [4.69, 9.17) is 9.57 Å². The Bertz CT molecular complexity index is 357. The Labute approximate surface area is 96.7 Å². The van der Waals surface area contributed by atoms with E-state index in [1.807, 2.05) is 26.8 Å². The summed E-state index contributed by atoms with van der Waals surface area (Å²) < 4.78 is 5.53. The summed E-state index contributed by atoms with van der Waals surface area (Å²) in [6.45, 7) is 7.43. The normalized spacial score (nSPS) is 20.6. The highest BCUT2D eigenvalue weighted by Crippen LogP contribution is 2.24. The van der Waals surface area contributed by atoms with Crippen molar-refractivity contribution in [1.82, 2.24) is 5.48 Å². The molecule has 0 bridgehead atoms. The number of hydrogen-bond acceptors (Lipinski definition) is 3. The molecule has 0 aromatic heterocycles. The van der Waals surface area contributed by atoms with Gasteiger partial charge < -0.3 is 4.74 Å². The Morgan fingerprint density at radius 3 is 2.81 bits per heavy atom. The molecule has 2 rings (SSSR count). The van der Waals surface area contributed by atoms with Crippen LogP contribution in [0.1, 0.15) is 37.9 Å². The predicted molar refractivity (Wildman–Crippen MR) is 62.8 cm³/mol. The first-order valence-corrected chi connectivity index (χ1v) is 5.65. The summed E-state index contributed by atoms with van der Waals surface area (Å²) in [5, 5.41) is 0. The molecule has 3 nitrogen and oxygen atoms in total. The molecule has 0 saturated heterocycles. The van der Waals surface area contributed by atoms with Crippen LogP contribution in [0.15, 0.2) is 24.3 Å². The van der Waals surface area contributed by atoms with Crippen LogP contribution in [0.5, 0.6) is 0 Å². The van der Waals surface area contributed by atoms with E-state index in [-0.39, 0.29) is 11.6 Å². The van der Waals surface area contributed by atoms with Gasteiger partial charge in [-0.25, -0.2) is 0 Å². The van der Waals surface area contributed by atoms with Crippen molar-refractivity contribution in [2.24, 2.45) is 0 Å². The number of benzene rings is 1. The van der Waals surface area contributed by atoms with Crippen molar-refractivity contribution in [2.45, 2.75) is 39.0 Å². The van der Waals surface area contributed by atoms with Crippen molar-refractivity contribution in [3.63, 3.8) is 0 Å². The third kappa shape index (κ3) is 2.82. The minimum atomic E-state index is -0.188. The first kappa shape index (κ1) is 11.6. The fourth-order valence-corrected chi connectivity index (χ4v) is 1.73. The first-order chi connectivity index (χ1) is 7.56. The van der Waals surface area contributed by atoms with Gasteiger partial charge in [0, 0.05) is 0 Å². The molecule has 0 fully saturated rings. The fraction of sp³-hybridized carbons (Fsp3) is 0.538. The van der Waals surface area contributed by atoms with E-state index < -0.39 is 0 Å². The molecule has 1 N–H and O–H groups in total. The highest BCUT2D eigenvalue weighted by Gasteiger charge is 2.22. The molecule has 1 aromatic carbocycles. The average molecular weight is 221 g/mol. The van der Waals surface area contributed by atoms with E-state index in [2.05, 4.69) is 23.7 Å². The van der Waals surface area contributed by atoms with Crippen LogP contribution < -0.4 is 5.48 Å². The SMILES string of the molecule is CC(C)(C)ONC1COCc2ccccc21. The standard InChI is InChI=1S/C13H19NO2/c1-13(2,3)16-14-12-9-15-8-10-6-4-5-7-11(10)12/h4-7,12,14H,8-9H2,1-3H3.